The number of benzene rings is 2. The van der Waals surface area contributed by atoms with Crippen LogP contribution >= 0.6 is 0 Å². The smallest absolute Gasteiger partial charge is 0.244 e. The van der Waals surface area contributed by atoms with Gasteiger partial charge < -0.3 is 9.64 Å². The Morgan fingerprint density at radius 3 is 2.36 bits per heavy atom. The number of nitrogens with zero attached hydrogens (tertiary/aromatic N) is 1. The molecular formula is C19H26N2O3S. The van der Waals surface area contributed by atoms with Gasteiger partial charge in [-0.3, -0.25) is 0 Å². The second-order valence-corrected chi connectivity index (χ2v) is 7.83. The van der Waals surface area contributed by atoms with Gasteiger partial charge in [0, 0.05) is 26.3 Å². The van der Waals surface area contributed by atoms with Crippen molar-refractivity contribution in [3.05, 3.63) is 53.6 Å². The highest BCUT2D eigenvalue weighted by Crippen LogP contribution is 2.25. The van der Waals surface area contributed by atoms with Crippen LogP contribution in [0.15, 0.2) is 47.4 Å². The molecule has 0 saturated heterocycles. The van der Waals surface area contributed by atoms with Crippen molar-refractivity contribution in [3.8, 4) is 5.75 Å². The molecule has 2 aromatic rings. The summed E-state index contributed by atoms with van der Waals surface area (Å²) in [7, 11) is 0.363. The first-order valence-electron chi connectivity index (χ1n) is 8.33. The molecule has 6 heteroatoms. The van der Waals surface area contributed by atoms with Gasteiger partial charge in [-0.15, -0.1) is 0 Å². The van der Waals surface area contributed by atoms with Crippen molar-refractivity contribution in [3.63, 3.8) is 0 Å². The van der Waals surface area contributed by atoms with E-state index in [9.17, 15) is 8.42 Å². The van der Waals surface area contributed by atoms with E-state index in [0.717, 1.165) is 16.8 Å². The summed E-state index contributed by atoms with van der Waals surface area (Å²) in [6.07, 6.45) is 0.628. The van der Waals surface area contributed by atoms with Crippen LogP contribution in [0.25, 0.3) is 0 Å². The number of rotatable bonds is 8. The first-order chi connectivity index (χ1) is 11.8. The number of sulfonamides is 1. The average Bonchev–Trinajstić information content (AvgIpc) is 2.57. The third-order valence-electron chi connectivity index (χ3n) is 3.85. The standard InChI is InChI=1S/C19H26N2O3S/c1-5-24-18-11-6-15(2)14-19(18)25(22,23)20-13-12-16-7-9-17(10-8-16)21(3)4/h6-11,14,20H,5,12-13H2,1-4H3. The fourth-order valence-electron chi connectivity index (χ4n) is 2.47. The van der Waals surface area contributed by atoms with Crippen molar-refractivity contribution in [2.45, 2.75) is 25.2 Å². The molecule has 1 N–H and O–H groups in total. The molecule has 0 unspecified atom stereocenters. The van der Waals surface area contributed by atoms with Gasteiger partial charge in [0.2, 0.25) is 10.0 Å². The first kappa shape index (κ1) is 19.3. The first-order valence-corrected chi connectivity index (χ1v) is 9.81. The van der Waals surface area contributed by atoms with E-state index in [2.05, 4.69) is 4.72 Å². The Kier molecular flexibility index (Phi) is 6.45. The van der Waals surface area contributed by atoms with Crippen LogP contribution < -0.4 is 14.4 Å². The lowest BCUT2D eigenvalue weighted by atomic mass is 10.1. The number of anilines is 1. The highest BCUT2D eigenvalue weighted by Gasteiger charge is 2.19. The zero-order valence-corrected chi connectivity index (χ0v) is 16.1. The molecule has 0 amide bonds. The Morgan fingerprint density at radius 2 is 1.76 bits per heavy atom. The Hall–Kier alpha value is -2.05. The van der Waals surface area contributed by atoms with E-state index in [-0.39, 0.29) is 4.90 Å². The Balaban J connectivity index is 2.05. The van der Waals surface area contributed by atoms with E-state index in [4.69, 9.17) is 4.74 Å². The molecule has 0 atom stereocenters. The molecule has 25 heavy (non-hydrogen) atoms. The third-order valence-corrected chi connectivity index (χ3v) is 5.33. The molecule has 0 aliphatic rings. The van der Waals surface area contributed by atoms with Crippen molar-refractivity contribution in [1.29, 1.82) is 0 Å². The van der Waals surface area contributed by atoms with Crippen molar-refractivity contribution in [2.75, 3.05) is 32.1 Å². The van der Waals surface area contributed by atoms with Gasteiger partial charge in [0.25, 0.3) is 0 Å². The normalized spacial score (nSPS) is 11.4. The second kappa shape index (κ2) is 8.36. The summed E-state index contributed by atoms with van der Waals surface area (Å²) in [6, 6.07) is 13.3. The summed E-state index contributed by atoms with van der Waals surface area (Å²) >= 11 is 0. The Morgan fingerprint density at radius 1 is 1.08 bits per heavy atom. The molecule has 0 aliphatic carbocycles. The van der Waals surface area contributed by atoms with E-state index in [1.165, 1.54) is 0 Å². The molecule has 0 fully saturated rings. The second-order valence-electron chi connectivity index (χ2n) is 6.09. The van der Waals surface area contributed by atoms with E-state index >= 15 is 0 Å². The minimum absolute atomic E-state index is 0.192. The molecule has 0 heterocycles. The van der Waals surface area contributed by atoms with Crippen LogP contribution in [0.1, 0.15) is 18.1 Å². The molecule has 0 radical (unpaired) electrons. The quantitative estimate of drug-likeness (QED) is 0.784. The molecule has 136 valence electrons. The van der Waals surface area contributed by atoms with E-state index < -0.39 is 10.0 Å². The van der Waals surface area contributed by atoms with Gasteiger partial charge in [-0.25, -0.2) is 13.1 Å². The molecule has 5 nitrogen and oxygen atoms in total. The third kappa shape index (κ3) is 5.21. The number of hydrogen-bond acceptors (Lipinski definition) is 4. The van der Waals surface area contributed by atoms with Gasteiger partial charge in [-0.1, -0.05) is 18.2 Å². The van der Waals surface area contributed by atoms with Crippen LogP contribution in [-0.4, -0.2) is 35.7 Å². The lowest BCUT2D eigenvalue weighted by Crippen LogP contribution is -2.26. The van der Waals surface area contributed by atoms with Crippen LogP contribution in [0.4, 0.5) is 5.69 Å². The number of ether oxygens (including phenoxy) is 1. The minimum atomic E-state index is -3.61. The zero-order chi connectivity index (χ0) is 18.4. The SMILES string of the molecule is CCOc1ccc(C)cc1S(=O)(=O)NCCc1ccc(N(C)C)cc1. The number of aryl methyl sites for hydroxylation is 1. The molecule has 0 spiro atoms. The van der Waals surface area contributed by atoms with E-state index in [0.29, 0.717) is 25.3 Å². The number of nitrogens with one attached hydrogen (secondary N) is 1. The average molecular weight is 362 g/mol. The molecule has 0 aliphatic heterocycles. The van der Waals surface area contributed by atoms with Gasteiger partial charge in [-0.2, -0.15) is 0 Å². The van der Waals surface area contributed by atoms with Gasteiger partial charge >= 0.3 is 0 Å². The van der Waals surface area contributed by atoms with E-state index in [1.807, 2.05) is 63.2 Å². The highest BCUT2D eigenvalue weighted by atomic mass is 32.2. The Labute approximate surface area is 150 Å². The predicted octanol–water partition coefficient (Wildman–Crippen LogP) is 2.98. The molecule has 2 rings (SSSR count). The summed E-state index contributed by atoms with van der Waals surface area (Å²) in [5.74, 6) is 0.385. The molecular weight excluding hydrogens is 336 g/mol. The number of hydrogen-bond donors (Lipinski definition) is 1. The maximum absolute atomic E-state index is 12.6. The lowest BCUT2D eigenvalue weighted by Gasteiger charge is -2.14. The summed E-state index contributed by atoms with van der Waals surface area (Å²) in [6.45, 7) is 4.45. The maximum atomic E-state index is 12.6. The largest absolute Gasteiger partial charge is 0.492 e. The monoisotopic (exact) mass is 362 g/mol. The summed E-state index contributed by atoms with van der Waals surface area (Å²) in [5, 5.41) is 0. The zero-order valence-electron chi connectivity index (χ0n) is 15.2. The summed E-state index contributed by atoms with van der Waals surface area (Å²) < 4.78 is 33.4. The molecule has 2 aromatic carbocycles. The van der Waals surface area contributed by atoms with Crippen LogP contribution in [0.5, 0.6) is 5.75 Å². The van der Waals surface area contributed by atoms with Crippen LogP contribution in [-0.2, 0) is 16.4 Å². The van der Waals surface area contributed by atoms with Crippen LogP contribution in [0.2, 0.25) is 0 Å². The summed E-state index contributed by atoms with van der Waals surface area (Å²) in [5.41, 5.74) is 3.08. The lowest BCUT2D eigenvalue weighted by molar-refractivity contribution is 0.331. The van der Waals surface area contributed by atoms with Gasteiger partial charge in [-0.05, 0) is 55.7 Å². The predicted molar refractivity (Wildman–Crippen MR) is 102 cm³/mol. The highest BCUT2D eigenvalue weighted by molar-refractivity contribution is 7.89. The van der Waals surface area contributed by atoms with Crippen molar-refractivity contribution in [1.82, 2.24) is 4.72 Å². The van der Waals surface area contributed by atoms with E-state index in [1.54, 1.807) is 12.1 Å². The Bertz CT molecular complexity index is 800. The van der Waals surface area contributed by atoms with Crippen LogP contribution in [0, 0.1) is 6.92 Å². The van der Waals surface area contributed by atoms with Gasteiger partial charge in [0.05, 0.1) is 6.61 Å². The molecule has 0 saturated carbocycles. The maximum Gasteiger partial charge on any atom is 0.244 e. The van der Waals surface area contributed by atoms with Gasteiger partial charge in [0.15, 0.2) is 0 Å². The van der Waals surface area contributed by atoms with Crippen LogP contribution in [0.3, 0.4) is 0 Å². The van der Waals surface area contributed by atoms with Crippen molar-refractivity contribution in [2.24, 2.45) is 0 Å². The molecule has 0 aromatic heterocycles. The molecule has 0 bridgehead atoms. The van der Waals surface area contributed by atoms with Crippen molar-refractivity contribution >= 4 is 15.7 Å². The van der Waals surface area contributed by atoms with Gasteiger partial charge in [0.1, 0.15) is 10.6 Å². The summed E-state index contributed by atoms with van der Waals surface area (Å²) in [4.78, 5) is 2.22. The fraction of sp³-hybridized carbons (Fsp3) is 0.368. The fourth-order valence-corrected chi connectivity index (χ4v) is 3.73. The minimum Gasteiger partial charge on any atom is -0.492 e. The van der Waals surface area contributed by atoms with Crippen molar-refractivity contribution < 1.29 is 13.2 Å². The topological polar surface area (TPSA) is 58.6 Å².